The predicted molar refractivity (Wildman–Crippen MR) is 124 cm³/mol. The highest BCUT2D eigenvalue weighted by Crippen LogP contribution is 2.19. The molecule has 2 aromatic rings. The maximum atomic E-state index is 13.4. The summed E-state index contributed by atoms with van der Waals surface area (Å²) in [5, 5.41) is 0.887. The summed E-state index contributed by atoms with van der Waals surface area (Å²) >= 11 is 5.95. The first kappa shape index (κ1) is 24.7. The lowest BCUT2D eigenvalue weighted by Crippen LogP contribution is -2.57. The second-order valence-electron chi connectivity index (χ2n) is 7.68. The third-order valence-corrected chi connectivity index (χ3v) is 7.47. The molecule has 0 bridgehead atoms. The van der Waals surface area contributed by atoms with Gasteiger partial charge in [0.2, 0.25) is 21.1 Å². The van der Waals surface area contributed by atoms with E-state index in [9.17, 15) is 22.8 Å². The topological polar surface area (TPSA) is 104 Å². The summed E-state index contributed by atoms with van der Waals surface area (Å²) in [6, 6.07) is 13.5. The first-order valence-electron chi connectivity index (χ1n) is 10.7. The van der Waals surface area contributed by atoms with Gasteiger partial charge in [-0.1, -0.05) is 42.8 Å². The quantitative estimate of drug-likeness (QED) is 0.640. The van der Waals surface area contributed by atoms with Crippen LogP contribution in [0.2, 0.25) is 5.02 Å². The zero-order chi connectivity index (χ0) is 24.0. The minimum atomic E-state index is -4.24. The summed E-state index contributed by atoms with van der Waals surface area (Å²) in [5.74, 6) is -1.46. The van der Waals surface area contributed by atoms with Gasteiger partial charge in [0.05, 0.1) is 4.90 Å². The third-order valence-electron chi connectivity index (χ3n) is 5.36. The molecule has 0 radical (unpaired) electrons. The Bertz CT molecular complexity index is 1120. The summed E-state index contributed by atoms with van der Waals surface area (Å²) in [6.45, 7) is 2.90. The molecule has 0 aromatic heterocycles. The van der Waals surface area contributed by atoms with Crippen LogP contribution < -0.4 is 5.32 Å². The fourth-order valence-corrected chi connectivity index (χ4v) is 5.24. The molecule has 33 heavy (non-hydrogen) atoms. The highest BCUT2D eigenvalue weighted by molar-refractivity contribution is 7.92. The fourth-order valence-electron chi connectivity index (χ4n) is 3.56. The van der Waals surface area contributed by atoms with E-state index in [0.717, 1.165) is 6.42 Å². The Hall–Kier alpha value is -2.91. The first-order valence-corrected chi connectivity index (χ1v) is 12.6. The molecule has 1 fully saturated rings. The van der Waals surface area contributed by atoms with Crippen LogP contribution in [0.1, 0.15) is 30.1 Å². The van der Waals surface area contributed by atoms with Gasteiger partial charge in [0, 0.05) is 43.2 Å². The van der Waals surface area contributed by atoms with E-state index in [1.807, 2.05) is 6.92 Å². The largest absolute Gasteiger partial charge is 0.339 e. The third kappa shape index (κ3) is 5.91. The summed E-state index contributed by atoms with van der Waals surface area (Å²) in [5.41, 5.74) is 0.138. The van der Waals surface area contributed by atoms with Crippen molar-refractivity contribution in [2.45, 2.75) is 30.0 Å². The van der Waals surface area contributed by atoms with Crippen molar-refractivity contribution in [2.75, 3.05) is 26.2 Å². The van der Waals surface area contributed by atoms with Crippen LogP contribution in [-0.2, 0) is 19.4 Å². The molecule has 1 heterocycles. The number of amides is 3. The van der Waals surface area contributed by atoms with Crippen LogP contribution in [0, 0.1) is 0 Å². The van der Waals surface area contributed by atoms with Crippen molar-refractivity contribution in [3.63, 3.8) is 0 Å². The van der Waals surface area contributed by atoms with Gasteiger partial charge in [-0.15, -0.1) is 0 Å². The Labute approximate surface area is 198 Å². The van der Waals surface area contributed by atoms with Crippen LogP contribution in [0.4, 0.5) is 0 Å². The number of benzene rings is 2. The van der Waals surface area contributed by atoms with E-state index in [-0.39, 0.29) is 29.5 Å². The predicted octanol–water partition coefficient (Wildman–Crippen LogP) is 2.34. The molecule has 0 aliphatic carbocycles. The lowest BCUT2D eigenvalue weighted by atomic mass is 10.2. The maximum absolute atomic E-state index is 13.4. The van der Waals surface area contributed by atoms with E-state index < -0.39 is 27.0 Å². The van der Waals surface area contributed by atoms with Crippen molar-refractivity contribution in [3.05, 3.63) is 65.2 Å². The number of halogens is 1. The maximum Gasteiger partial charge on any atom is 0.261 e. The van der Waals surface area contributed by atoms with Crippen molar-refractivity contribution in [1.82, 2.24) is 15.1 Å². The summed E-state index contributed by atoms with van der Waals surface area (Å²) in [4.78, 5) is 41.3. The van der Waals surface area contributed by atoms with E-state index in [0.29, 0.717) is 24.5 Å². The van der Waals surface area contributed by atoms with Crippen molar-refractivity contribution in [2.24, 2.45) is 0 Å². The molecule has 0 spiro atoms. The van der Waals surface area contributed by atoms with Crippen LogP contribution in [-0.4, -0.2) is 67.5 Å². The van der Waals surface area contributed by atoms with Crippen LogP contribution in [0.3, 0.4) is 0 Å². The molecule has 1 saturated heterocycles. The zero-order valence-corrected chi connectivity index (χ0v) is 19.8. The lowest BCUT2D eigenvalue weighted by Gasteiger charge is -2.36. The Kier molecular flexibility index (Phi) is 8.10. The minimum Gasteiger partial charge on any atom is -0.339 e. The molecule has 1 aliphatic rings. The number of nitrogens with one attached hydrogen (secondary N) is 1. The van der Waals surface area contributed by atoms with E-state index in [1.54, 1.807) is 35.2 Å². The van der Waals surface area contributed by atoms with Crippen LogP contribution in [0.25, 0.3) is 0 Å². The molecular formula is C23H26ClN3O5S. The van der Waals surface area contributed by atoms with Gasteiger partial charge in [-0.3, -0.25) is 14.4 Å². The molecule has 3 amide bonds. The Morgan fingerprint density at radius 3 is 2.21 bits per heavy atom. The standard InChI is InChI=1S/C23H26ClN3O5S/c1-2-7-20(28)26-12-14-27(15-13-26)23(30)22(33(31,32)19-10-4-3-5-11-19)25-21(29)17-8-6-9-18(24)16-17/h3-6,8-11,16,22H,2,7,12-15H2,1H3,(H,25,29)/t22-/m0/s1. The lowest BCUT2D eigenvalue weighted by molar-refractivity contribution is -0.139. The molecule has 3 rings (SSSR count). The molecule has 0 unspecified atom stereocenters. The molecule has 0 saturated carbocycles. The number of sulfone groups is 1. The molecule has 1 N–H and O–H groups in total. The molecular weight excluding hydrogens is 466 g/mol. The highest BCUT2D eigenvalue weighted by atomic mass is 35.5. The van der Waals surface area contributed by atoms with Crippen molar-refractivity contribution >= 4 is 39.2 Å². The monoisotopic (exact) mass is 491 g/mol. The van der Waals surface area contributed by atoms with Gasteiger partial charge in [0.1, 0.15) is 0 Å². The van der Waals surface area contributed by atoms with Crippen LogP contribution in [0.5, 0.6) is 0 Å². The second-order valence-corrected chi connectivity index (χ2v) is 10.1. The average molecular weight is 492 g/mol. The second kappa shape index (κ2) is 10.8. The van der Waals surface area contributed by atoms with Gasteiger partial charge in [-0.2, -0.15) is 0 Å². The van der Waals surface area contributed by atoms with Crippen molar-refractivity contribution in [1.29, 1.82) is 0 Å². The van der Waals surface area contributed by atoms with E-state index in [2.05, 4.69) is 5.32 Å². The van der Waals surface area contributed by atoms with E-state index in [4.69, 9.17) is 11.6 Å². The van der Waals surface area contributed by atoms with Gasteiger partial charge in [0.15, 0.2) is 0 Å². The van der Waals surface area contributed by atoms with Crippen LogP contribution in [0.15, 0.2) is 59.5 Å². The van der Waals surface area contributed by atoms with Gasteiger partial charge in [-0.05, 0) is 36.8 Å². The summed E-state index contributed by atoms with van der Waals surface area (Å²) < 4.78 is 26.7. The average Bonchev–Trinajstić information content (AvgIpc) is 2.82. The number of hydrogen-bond donors (Lipinski definition) is 1. The Balaban J connectivity index is 1.85. The first-order chi connectivity index (χ1) is 15.7. The van der Waals surface area contributed by atoms with Gasteiger partial charge in [0.25, 0.3) is 11.8 Å². The van der Waals surface area contributed by atoms with Gasteiger partial charge < -0.3 is 15.1 Å². The number of rotatable bonds is 7. The van der Waals surface area contributed by atoms with Gasteiger partial charge >= 0.3 is 0 Å². The number of carbonyl (C=O) groups excluding carboxylic acids is 3. The fraction of sp³-hybridized carbons (Fsp3) is 0.348. The highest BCUT2D eigenvalue weighted by Gasteiger charge is 2.39. The number of carbonyl (C=O) groups is 3. The normalized spacial score (nSPS) is 15.1. The molecule has 176 valence electrons. The number of hydrogen-bond acceptors (Lipinski definition) is 5. The van der Waals surface area contributed by atoms with E-state index in [1.165, 1.54) is 29.2 Å². The molecule has 10 heteroatoms. The smallest absolute Gasteiger partial charge is 0.261 e. The molecule has 8 nitrogen and oxygen atoms in total. The van der Waals surface area contributed by atoms with Crippen LogP contribution >= 0.6 is 11.6 Å². The summed E-state index contributed by atoms with van der Waals surface area (Å²) in [7, 11) is -4.24. The van der Waals surface area contributed by atoms with E-state index >= 15 is 0 Å². The number of piperazine rings is 1. The van der Waals surface area contributed by atoms with Crippen molar-refractivity contribution < 1.29 is 22.8 Å². The minimum absolute atomic E-state index is 0.00677. The molecule has 1 aliphatic heterocycles. The van der Waals surface area contributed by atoms with Crippen molar-refractivity contribution in [3.8, 4) is 0 Å². The Morgan fingerprint density at radius 2 is 1.61 bits per heavy atom. The zero-order valence-electron chi connectivity index (χ0n) is 18.2. The molecule has 2 aromatic carbocycles. The summed E-state index contributed by atoms with van der Waals surface area (Å²) in [6.07, 6.45) is 1.15. The SMILES string of the molecule is CCCC(=O)N1CCN(C(=O)[C@@H](NC(=O)c2cccc(Cl)c2)S(=O)(=O)c2ccccc2)CC1. The van der Waals surface area contributed by atoms with Gasteiger partial charge in [-0.25, -0.2) is 8.42 Å². The Morgan fingerprint density at radius 1 is 0.970 bits per heavy atom. The molecule has 1 atom stereocenters. The number of nitrogens with zero attached hydrogens (tertiary/aromatic N) is 2.